The molecule has 0 aromatic heterocycles. The molecule has 6 nitrogen and oxygen atoms in total. The second-order valence-electron chi connectivity index (χ2n) is 5.16. The Morgan fingerprint density at radius 3 is 2.68 bits per heavy atom. The molecule has 0 saturated carbocycles. The molecule has 0 bridgehead atoms. The second kappa shape index (κ2) is 7.23. The molecule has 0 aliphatic carbocycles. The van der Waals surface area contributed by atoms with E-state index in [-0.39, 0.29) is 30.5 Å². The van der Waals surface area contributed by atoms with E-state index in [2.05, 4.69) is 21.2 Å². The maximum atomic E-state index is 11.7. The van der Waals surface area contributed by atoms with Gasteiger partial charge in [-0.15, -0.1) is 0 Å². The van der Waals surface area contributed by atoms with Gasteiger partial charge in [-0.1, -0.05) is 12.1 Å². The molecule has 1 aliphatic rings. The number of halogens is 1. The van der Waals surface area contributed by atoms with Crippen molar-refractivity contribution in [2.45, 2.75) is 12.8 Å². The molecular formula is C14H16BrNO5S. The molecule has 1 amide bonds. The lowest BCUT2D eigenvalue weighted by Crippen LogP contribution is -2.22. The highest BCUT2D eigenvalue weighted by Crippen LogP contribution is 2.22. The number of sulfone groups is 1. The lowest BCUT2D eigenvalue weighted by Gasteiger charge is -2.09. The standard InChI is InChI=1S/C14H16BrNO5S/c15-11-3-1-2-4-12(11)16-13(17)8-21-14(18)7-10-5-6-22(19,20)9-10/h1-4,10H,5-9H2,(H,16,17)/t10-/m0/s1. The first-order valence-corrected chi connectivity index (χ1v) is 9.37. The van der Waals surface area contributed by atoms with Crippen molar-refractivity contribution < 1.29 is 22.7 Å². The molecule has 1 N–H and O–H groups in total. The van der Waals surface area contributed by atoms with Gasteiger partial charge in [-0.2, -0.15) is 0 Å². The average Bonchev–Trinajstić information content (AvgIpc) is 2.78. The summed E-state index contributed by atoms with van der Waals surface area (Å²) in [6.45, 7) is -0.389. The molecule has 0 spiro atoms. The van der Waals surface area contributed by atoms with Crippen LogP contribution in [0.2, 0.25) is 0 Å². The quantitative estimate of drug-likeness (QED) is 0.774. The number of para-hydroxylation sites is 1. The summed E-state index contributed by atoms with van der Waals surface area (Å²) in [5.41, 5.74) is 0.588. The molecule has 22 heavy (non-hydrogen) atoms. The SMILES string of the molecule is O=C(COC(=O)C[C@@H]1CCS(=O)(=O)C1)Nc1ccccc1Br. The first-order chi connectivity index (χ1) is 10.4. The predicted octanol–water partition coefficient (Wildman–Crippen LogP) is 1.76. The Kier molecular flexibility index (Phi) is 5.57. The Hall–Kier alpha value is -1.41. The molecule has 120 valence electrons. The minimum atomic E-state index is -3.01. The van der Waals surface area contributed by atoms with Gasteiger partial charge in [0.15, 0.2) is 16.4 Å². The van der Waals surface area contributed by atoms with Crippen molar-refractivity contribution in [1.82, 2.24) is 0 Å². The summed E-state index contributed by atoms with van der Waals surface area (Å²) in [5, 5.41) is 2.61. The third-order valence-electron chi connectivity index (χ3n) is 3.29. The summed E-state index contributed by atoms with van der Waals surface area (Å²) in [4.78, 5) is 23.3. The first kappa shape index (κ1) is 17.0. The van der Waals surface area contributed by atoms with Crippen molar-refractivity contribution in [2.24, 2.45) is 5.92 Å². The number of amides is 1. The van der Waals surface area contributed by atoms with Crippen molar-refractivity contribution in [1.29, 1.82) is 0 Å². The molecule has 1 atom stereocenters. The van der Waals surface area contributed by atoms with Gasteiger partial charge < -0.3 is 10.1 Å². The molecule has 2 rings (SSSR count). The van der Waals surface area contributed by atoms with Gasteiger partial charge in [-0.05, 0) is 40.4 Å². The van der Waals surface area contributed by atoms with Crippen LogP contribution in [-0.4, -0.2) is 38.4 Å². The molecule has 1 saturated heterocycles. The normalized spacial score (nSPS) is 19.6. The summed E-state index contributed by atoms with van der Waals surface area (Å²) in [7, 11) is -3.01. The lowest BCUT2D eigenvalue weighted by molar-refractivity contribution is -0.148. The van der Waals surface area contributed by atoms with Gasteiger partial charge in [0, 0.05) is 10.9 Å². The number of rotatable bonds is 5. The van der Waals surface area contributed by atoms with Gasteiger partial charge >= 0.3 is 5.97 Å². The van der Waals surface area contributed by atoms with Crippen LogP contribution in [0.4, 0.5) is 5.69 Å². The second-order valence-corrected chi connectivity index (χ2v) is 8.24. The van der Waals surface area contributed by atoms with Crippen molar-refractivity contribution in [3.63, 3.8) is 0 Å². The number of nitrogens with one attached hydrogen (secondary N) is 1. The lowest BCUT2D eigenvalue weighted by atomic mass is 10.1. The Labute approximate surface area is 137 Å². The van der Waals surface area contributed by atoms with Crippen molar-refractivity contribution in [3.05, 3.63) is 28.7 Å². The molecule has 0 unspecified atom stereocenters. The third-order valence-corrected chi connectivity index (χ3v) is 5.82. The summed E-state index contributed by atoms with van der Waals surface area (Å²) < 4.78 is 28.2. The molecular weight excluding hydrogens is 374 g/mol. The topological polar surface area (TPSA) is 89.5 Å². The monoisotopic (exact) mass is 389 g/mol. The minimum absolute atomic E-state index is 0.0191. The third kappa shape index (κ3) is 5.10. The van der Waals surface area contributed by atoms with E-state index in [4.69, 9.17) is 4.74 Å². The van der Waals surface area contributed by atoms with Gasteiger partial charge in [0.05, 0.1) is 17.2 Å². The van der Waals surface area contributed by atoms with E-state index in [1.54, 1.807) is 18.2 Å². The number of hydrogen-bond donors (Lipinski definition) is 1. The van der Waals surface area contributed by atoms with Crippen LogP contribution < -0.4 is 5.32 Å². The van der Waals surface area contributed by atoms with E-state index in [1.807, 2.05) is 6.07 Å². The molecule has 1 heterocycles. The summed E-state index contributed by atoms with van der Waals surface area (Å²) in [5.74, 6) is -1.06. The van der Waals surface area contributed by atoms with E-state index in [0.29, 0.717) is 12.1 Å². The zero-order chi connectivity index (χ0) is 16.2. The van der Waals surface area contributed by atoms with E-state index < -0.39 is 21.7 Å². The van der Waals surface area contributed by atoms with Crippen LogP contribution in [0.25, 0.3) is 0 Å². The number of hydrogen-bond acceptors (Lipinski definition) is 5. The number of esters is 1. The number of carbonyl (C=O) groups is 2. The fourth-order valence-electron chi connectivity index (χ4n) is 2.22. The predicted molar refractivity (Wildman–Crippen MR) is 85.1 cm³/mol. The maximum Gasteiger partial charge on any atom is 0.306 e. The Bertz CT molecular complexity index is 674. The van der Waals surface area contributed by atoms with E-state index in [0.717, 1.165) is 4.47 Å². The highest BCUT2D eigenvalue weighted by Gasteiger charge is 2.29. The van der Waals surface area contributed by atoms with Crippen LogP contribution in [0.1, 0.15) is 12.8 Å². The molecule has 1 aromatic rings. The van der Waals surface area contributed by atoms with Crippen LogP contribution in [-0.2, 0) is 24.2 Å². The Balaban J connectivity index is 1.74. The fraction of sp³-hybridized carbons (Fsp3) is 0.429. The van der Waals surface area contributed by atoms with Crippen LogP contribution in [0.3, 0.4) is 0 Å². The summed E-state index contributed by atoms with van der Waals surface area (Å²) >= 11 is 3.29. The van der Waals surface area contributed by atoms with Crippen molar-refractivity contribution in [2.75, 3.05) is 23.4 Å². The molecule has 1 aromatic carbocycles. The average molecular weight is 390 g/mol. The smallest absolute Gasteiger partial charge is 0.306 e. The highest BCUT2D eigenvalue weighted by molar-refractivity contribution is 9.10. The Morgan fingerprint density at radius 1 is 1.32 bits per heavy atom. The van der Waals surface area contributed by atoms with Gasteiger partial charge in [-0.3, -0.25) is 9.59 Å². The van der Waals surface area contributed by atoms with Gasteiger partial charge in [0.2, 0.25) is 0 Å². The van der Waals surface area contributed by atoms with Gasteiger partial charge in [-0.25, -0.2) is 8.42 Å². The molecule has 1 aliphatic heterocycles. The minimum Gasteiger partial charge on any atom is -0.456 e. The highest BCUT2D eigenvalue weighted by atomic mass is 79.9. The fourth-order valence-corrected chi connectivity index (χ4v) is 4.47. The number of carbonyl (C=O) groups excluding carboxylic acids is 2. The van der Waals surface area contributed by atoms with E-state index in [1.165, 1.54) is 0 Å². The summed E-state index contributed by atoms with van der Waals surface area (Å²) in [6.07, 6.45) is 0.502. The zero-order valence-electron chi connectivity index (χ0n) is 11.7. The maximum absolute atomic E-state index is 11.7. The molecule has 1 fully saturated rings. The number of benzene rings is 1. The number of ether oxygens (including phenoxy) is 1. The van der Waals surface area contributed by atoms with Crippen molar-refractivity contribution >= 4 is 43.3 Å². The van der Waals surface area contributed by atoms with Crippen LogP contribution in [0.15, 0.2) is 28.7 Å². The molecule has 8 heteroatoms. The zero-order valence-corrected chi connectivity index (χ0v) is 14.2. The first-order valence-electron chi connectivity index (χ1n) is 6.76. The van der Waals surface area contributed by atoms with Crippen LogP contribution in [0, 0.1) is 5.92 Å². The van der Waals surface area contributed by atoms with Crippen molar-refractivity contribution in [3.8, 4) is 0 Å². The van der Waals surface area contributed by atoms with E-state index in [9.17, 15) is 18.0 Å². The number of anilines is 1. The van der Waals surface area contributed by atoms with Crippen LogP contribution in [0.5, 0.6) is 0 Å². The Morgan fingerprint density at radius 2 is 2.05 bits per heavy atom. The largest absolute Gasteiger partial charge is 0.456 e. The van der Waals surface area contributed by atoms with Gasteiger partial charge in [0.25, 0.3) is 5.91 Å². The van der Waals surface area contributed by atoms with E-state index >= 15 is 0 Å². The van der Waals surface area contributed by atoms with Gasteiger partial charge in [0.1, 0.15) is 0 Å². The molecule has 0 radical (unpaired) electrons. The summed E-state index contributed by atoms with van der Waals surface area (Å²) in [6, 6.07) is 7.08. The van der Waals surface area contributed by atoms with Crippen LogP contribution >= 0.6 is 15.9 Å².